The van der Waals surface area contributed by atoms with Crippen LogP contribution in [0.1, 0.15) is 25.7 Å². The number of nitrogens with one attached hydrogen (secondary N) is 1. The normalized spacial score (nSPS) is 15.7. The summed E-state index contributed by atoms with van der Waals surface area (Å²) < 4.78 is 0. The number of piperidine rings is 1. The summed E-state index contributed by atoms with van der Waals surface area (Å²) in [6.07, 6.45) is 5.62. The van der Waals surface area contributed by atoms with Gasteiger partial charge in [-0.05, 0) is 25.9 Å². The molecule has 0 spiro atoms. The number of hydrogen-bond acceptors (Lipinski definition) is 2. The van der Waals surface area contributed by atoms with E-state index >= 15 is 0 Å². The third-order valence-corrected chi connectivity index (χ3v) is 1.53. The highest BCUT2D eigenvalue weighted by molar-refractivity contribution is 5.68. The van der Waals surface area contributed by atoms with Crippen LogP contribution in [0.3, 0.4) is 0 Å². The van der Waals surface area contributed by atoms with E-state index in [2.05, 4.69) is 11.9 Å². The summed E-state index contributed by atoms with van der Waals surface area (Å²) in [7, 11) is 0. The number of hydrogen-bond donors (Lipinski definition) is 2. The van der Waals surface area contributed by atoms with E-state index in [4.69, 9.17) is 5.11 Å². The zero-order valence-corrected chi connectivity index (χ0v) is 7.38. The van der Waals surface area contributed by atoms with Crippen molar-refractivity contribution in [1.29, 1.82) is 0 Å². The Bertz CT molecular complexity index is 119. The van der Waals surface area contributed by atoms with E-state index in [-0.39, 0.29) is 6.42 Å². The maximum absolute atomic E-state index is 9.53. The fourth-order valence-corrected chi connectivity index (χ4v) is 0.925. The Morgan fingerprint density at radius 2 is 2.00 bits per heavy atom. The fourth-order valence-electron chi connectivity index (χ4n) is 0.925. The molecule has 0 radical (unpaired) electrons. The monoisotopic (exact) mass is 171 g/mol. The lowest BCUT2D eigenvalue weighted by molar-refractivity contribution is -0.135. The van der Waals surface area contributed by atoms with Gasteiger partial charge >= 0.3 is 5.97 Å². The molecular formula is C9H17NO2. The molecule has 1 rings (SSSR count). The van der Waals surface area contributed by atoms with E-state index in [1.54, 1.807) is 0 Å². The number of carboxylic acid groups (broad SMARTS) is 1. The van der Waals surface area contributed by atoms with E-state index < -0.39 is 5.97 Å². The molecule has 0 amide bonds. The topological polar surface area (TPSA) is 49.3 Å². The minimum atomic E-state index is -0.829. The largest absolute Gasteiger partial charge is 0.481 e. The van der Waals surface area contributed by atoms with Crippen molar-refractivity contribution in [2.75, 3.05) is 13.1 Å². The van der Waals surface area contributed by atoms with Gasteiger partial charge in [-0.3, -0.25) is 4.79 Å². The molecule has 1 fully saturated rings. The first kappa shape index (κ1) is 11.2. The summed E-state index contributed by atoms with van der Waals surface area (Å²) in [5, 5.41) is 11.1. The van der Waals surface area contributed by atoms with Gasteiger partial charge in [0.1, 0.15) is 0 Å². The molecule has 1 aliphatic heterocycles. The zero-order valence-electron chi connectivity index (χ0n) is 7.38. The van der Waals surface area contributed by atoms with Crippen molar-refractivity contribution in [3.05, 3.63) is 12.7 Å². The molecule has 3 nitrogen and oxygen atoms in total. The highest BCUT2D eigenvalue weighted by Crippen LogP contribution is 1.96. The van der Waals surface area contributed by atoms with Crippen LogP contribution in [-0.4, -0.2) is 24.2 Å². The van der Waals surface area contributed by atoms with Crippen LogP contribution in [0.25, 0.3) is 0 Å². The quantitative estimate of drug-likeness (QED) is 0.617. The van der Waals surface area contributed by atoms with Crippen molar-refractivity contribution in [2.24, 2.45) is 0 Å². The Morgan fingerprint density at radius 3 is 2.08 bits per heavy atom. The Balaban J connectivity index is 0.000000202. The molecule has 2 N–H and O–H groups in total. The van der Waals surface area contributed by atoms with E-state index in [1.165, 1.54) is 38.4 Å². The van der Waals surface area contributed by atoms with Crippen molar-refractivity contribution in [3.63, 3.8) is 0 Å². The molecule has 1 heterocycles. The van der Waals surface area contributed by atoms with Gasteiger partial charge in [-0.25, -0.2) is 0 Å². The van der Waals surface area contributed by atoms with Crippen LogP contribution in [0.2, 0.25) is 0 Å². The lowest BCUT2D eigenvalue weighted by atomic mass is 10.2. The van der Waals surface area contributed by atoms with Crippen molar-refractivity contribution in [1.82, 2.24) is 5.32 Å². The Hall–Kier alpha value is -0.830. The molecule has 0 aromatic carbocycles. The third-order valence-electron chi connectivity index (χ3n) is 1.53. The first-order chi connectivity index (χ1) is 5.77. The first-order valence-corrected chi connectivity index (χ1v) is 4.30. The standard InChI is InChI=1S/C5H11N.C4H6O2/c1-2-4-6-5-3-1;1-2-3-4(5)6/h6H,1-5H2;2H,1,3H2,(H,5,6). The lowest BCUT2D eigenvalue weighted by Gasteiger charge is -2.08. The van der Waals surface area contributed by atoms with E-state index in [9.17, 15) is 4.79 Å². The average Bonchev–Trinajstić information content (AvgIpc) is 2.08. The molecule has 1 saturated heterocycles. The van der Waals surface area contributed by atoms with E-state index in [0.29, 0.717) is 0 Å². The molecule has 0 atom stereocenters. The van der Waals surface area contributed by atoms with E-state index in [0.717, 1.165) is 0 Å². The molecule has 0 unspecified atom stereocenters. The zero-order chi connectivity index (χ0) is 9.23. The smallest absolute Gasteiger partial charge is 0.307 e. The molecule has 0 aromatic rings. The van der Waals surface area contributed by atoms with Crippen molar-refractivity contribution < 1.29 is 9.90 Å². The molecule has 0 aliphatic carbocycles. The SMILES string of the molecule is C1CCNCC1.C=CCC(=O)O. The number of aliphatic carboxylic acids is 1. The van der Waals surface area contributed by atoms with Gasteiger partial charge in [0.25, 0.3) is 0 Å². The minimum Gasteiger partial charge on any atom is -0.481 e. The Kier molecular flexibility index (Phi) is 7.70. The highest BCUT2D eigenvalue weighted by Gasteiger charge is 1.93. The Labute approximate surface area is 73.5 Å². The summed E-state index contributed by atoms with van der Waals surface area (Å²) >= 11 is 0. The molecule has 0 bridgehead atoms. The molecule has 70 valence electrons. The van der Waals surface area contributed by atoms with Crippen LogP contribution in [0.5, 0.6) is 0 Å². The number of rotatable bonds is 2. The van der Waals surface area contributed by atoms with Crippen LogP contribution in [-0.2, 0) is 4.79 Å². The van der Waals surface area contributed by atoms with Crippen LogP contribution in [0, 0.1) is 0 Å². The van der Waals surface area contributed by atoms with Crippen molar-refractivity contribution >= 4 is 5.97 Å². The predicted molar refractivity (Wildman–Crippen MR) is 49.2 cm³/mol. The second-order valence-corrected chi connectivity index (χ2v) is 2.70. The van der Waals surface area contributed by atoms with Crippen LogP contribution in [0.15, 0.2) is 12.7 Å². The lowest BCUT2D eigenvalue weighted by Crippen LogP contribution is -2.21. The second kappa shape index (κ2) is 8.27. The van der Waals surface area contributed by atoms with Gasteiger partial charge in [0.15, 0.2) is 0 Å². The van der Waals surface area contributed by atoms with Gasteiger partial charge < -0.3 is 10.4 Å². The second-order valence-electron chi connectivity index (χ2n) is 2.70. The van der Waals surface area contributed by atoms with Gasteiger partial charge in [-0.2, -0.15) is 0 Å². The van der Waals surface area contributed by atoms with Gasteiger partial charge in [-0.1, -0.05) is 12.5 Å². The molecule has 1 aliphatic rings. The van der Waals surface area contributed by atoms with Crippen LogP contribution < -0.4 is 5.32 Å². The third kappa shape index (κ3) is 9.17. The molecular weight excluding hydrogens is 154 g/mol. The first-order valence-electron chi connectivity index (χ1n) is 4.30. The predicted octanol–water partition coefficient (Wildman–Crippen LogP) is 1.41. The molecule has 0 saturated carbocycles. The molecule has 3 heteroatoms. The summed E-state index contributed by atoms with van der Waals surface area (Å²) in [4.78, 5) is 9.53. The van der Waals surface area contributed by atoms with Crippen molar-refractivity contribution in [2.45, 2.75) is 25.7 Å². The van der Waals surface area contributed by atoms with E-state index in [1.807, 2.05) is 0 Å². The number of carboxylic acids is 1. The van der Waals surface area contributed by atoms with Crippen molar-refractivity contribution in [3.8, 4) is 0 Å². The molecule has 0 aromatic heterocycles. The summed E-state index contributed by atoms with van der Waals surface area (Å²) in [6.45, 7) is 5.72. The van der Waals surface area contributed by atoms with Crippen LogP contribution in [0.4, 0.5) is 0 Å². The fraction of sp³-hybridized carbons (Fsp3) is 0.667. The Morgan fingerprint density at radius 1 is 1.42 bits per heavy atom. The number of carbonyl (C=O) groups is 1. The summed E-state index contributed by atoms with van der Waals surface area (Å²) in [5.74, 6) is -0.829. The summed E-state index contributed by atoms with van der Waals surface area (Å²) in [5.41, 5.74) is 0. The van der Waals surface area contributed by atoms with Gasteiger partial charge in [0.2, 0.25) is 0 Å². The van der Waals surface area contributed by atoms with Gasteiger partial charge in [-0.15, -0.1) is 6.58 Å². The summed E-state index contributed by atoms with van der Waals surface area (Å²) in [6, 6.07) is 0. The maximum atomic E-state index is 9.53. The van der Waals surface area contributed by atoms with Crippen LogP contribution >= 0.6 is 0 Å². The van der Waals surface area contributed by atoms with Gasteiger partial charge in [0, 0.05) is 0 Å². The van der Waals surface area contributed by atoms with Gasteiger partial charge in [0.05, 0.1) is 6.42 Å². The average molecular weight is 171 g/mol. The molecule has 12 heavy (non-hydrogen) atoms. The highest BCUT2D eigenvalue weighted by atomic mass is 16.4. The minimum absolute atomic E-state index is 0.0556. The maximum Gasteiger partial charge on any atom is 0.307 e.